The summed E-state index contributed by atoms with van der Waals surface area (Å²) >= 11 is 5.02. The average Bonchev–Trinajstić information content (AvgIpc) is 2.36. The van der Waals surface area contributed by atoms with E-state index < -0.39 is 0 Å². The fourth-order valence-corrected chi connectivity index (χ4v) is 2.83. The molecule has 5 heteroatoms. The summed E-state index contributed by atoms with van der Waals surface area (Å²) in [4.78, 5) is 2.65. The van der Waals surface area contributed by atoms with Gasteiger partial charge in [0.15, 0.2) is 0 Å². The Bertz CT molecular complexity index is 487. The summed E-state index contributed by atoms with van der Waals surface area (Å²) in [7, 11) is 3.75. The van der Waals surface area contributed by atoms with E-state index in [2.05, 4.69) is 11.9 Å². The van der Waals surface area contributed by atoms with Crippen molar-refractivity contribution in [2.45, 2.75) is 25.5 Å². The number of rotatable bonds is 6. The maximum atomic E-state index is 9.33. The molecule has 0 amide bonds. The summed E-state index contributed by atoms with van der Waals surface area (Å²) < 4.78 is 5.39. The summed E-state index contributed by atoms with van der Waals surface area (Å²) in [5.74, 6) is 1.45. The van der Waals surface area contributed by atoms with Gasteiger partial charge in [-0.15, -0.1) is 0 Å². The molecule has 0 unspecified atom stereocenters. The number of nitrogens with zero attached hydrogens (tertiary/aromatic N) is 1. The Kier molecular flexibility index (Phi) is 4.96. The Balaban J connectivity index is 2.02. The molecule has 110 valence electrons. The fraction of sp³-hybridized carbons (Fsp3) is 0.533. The lowest BCUT2D eigenvalue weighted by Crippen LogP contribution is -2.36. The Morgan fingerprint density at radius 1 is 1.50 bits per heavy atom. The van der Waals surface area contributed by atoms with Crippen molar-refractivity contribution in [1.29, 1.82) is 0 Å². The molecule has 0 spiro atoms. The van der Waals surface area contributed by atoms with E-state index in [9.17, 15) is 5.11 Å². The lowest BCUT2D eigenvalue weighted by atomic mass is 9.82. The fourth-order valence-electron chi connectivity index (χ4n) is 2.70. The topological polar surface area (TPSA) is 58.7 Å². The van der Waals surface area contributed by atoms with Crippen LogP contribution in [0.5, 0.6) is 5.75 Å². The van der Waals surface area contributed by atoms with Crippen molar-refractivity contribution in [3.8, 4) is 5.75 Å². The first-order chi connectivity index (χ1) is 9.49. The number of methoxy groups -OCH3 is 1. The second-order valence-corrected chi connectivity index (χ2v) is 6.02. The highest BCUT2D eigenvalue weighted by molar-refractivity contribution is 7.80. The lowest BCUT2D eigenvalue weighted by Gasteiger charge is -2.34. The second-order valence-electron chi connectivity index (χ2n) is 5.58. The highest BCUT2D eigenvalue weighted by Crippen LogP contribution is 2.28. The van der Waals surface area contributed by atoms with Crippen LogP contribution < -0.4 is 10.5 Å². The van der Waals surface area contributed by atoms with Crippen LogP contribution in [0.25, 0.3) is 0 Å². The molecule has 0 aliphatic heterocycles. The Hall–Kier alpha value is -1.17. The van der Waals surface area contributed by atoms with E-state index in [-0.39, 0.29) is 6.10 Å². The van der Waals surface area contributed by atoms with E-state index in [1.165, 1.54) is 0 Å². The van der Waals surface area contributed by atoms with Gasteiger partial charge < -0.3 is 20.5 Å². The van der Waals surface area contributed by atoms with Crippen LogP contribution in [-0.4, -0.2) is 41.8 Å². The van der Waals surface area contributed by atoms with Crippen LogP contribution in [0, 0.1) is 5.92 Å². The highest BCUT2D eigenvalue weighted by Gasteiger charge is 2.28. The van der Waals surface area contributed by atoms with Crippen molar-refractivity contribution in [2.75, 3.05) is 20.7 Å². The van der Waals surface area contributed by atoms with E-state index in [4.69, 9.17) is 22.7 Å². The van der Waals surface area contributed by atoms with Crippen LogP contribution in [0.2, 0.25) is 0 Å². The molecule has 0 atom stereocenters. The van der Waals surface area contributed by atoms with Crippen LogP contribution in [-0.2, 0) is 6.54 Å². The quantitative estimate of drug-likeness (QED) is 0.779. The molecule has 1 saturated carbocycles. The number of ether oxygens (including phenoxy) is 1. The smallest absolute Gasteiger partial charge is 0.123 e. The number of nitrogens with two attached hydrogens (primary N) is 1. The molecule has 1 aromatic rings. The number of thiocarbonyl (C=S) groups is 1. The molecule has 1 aromatic carbocycles. The minimum atomic E-state index is -0.0964. The minimum absolute atomic E-state index is 0.0964. The van der Waals surface area contributed by atoms with Gasteiger partial charge in [0.25, 0.3) is 0 Å². The molecule has 2 rings (SSSR count). The minimum Gasteiger partial charge on any atom is -0.496 e. The Labute approximate surface area is 125 Å². The molecule has 0 bridgehead atoms. The van der Waals surface area contributed by atoms with Gasteiger partial charge in [-0.1, -0.05) is 12.2 Å². The zero-order chi connectivity index (χ0) is 14.7. The third kappa shape index (κ3) is 3.69. The molecule has 4 nitrogen and oxygen atoms in total. The van der Waals surface area contributed by atoms with Gasteiger partial charge in [-0.2, -0.15) is 0 Å². The van der Waals surface area contributed by atoms with Gasteiger partial charge in [0.1, 0.15) is 10.7 Å². The monoisotopic (exact) mass is 294 g/mol. The number of hydrogen-bond acceptors (Lipinski definition) is 4. The van der Waals surface area contributed by atoms with Gasteiger partial charge in [0.05, 0.1) is 13.2 Å². The molecule has 0 radical (unpaired) electrons. The lowest BCUT2D eigenvalue weighted by molar-refractivity contribution is 0.0273. The van der Waals surface area contributed by atoms with Gasteiger partial charge in [-0.05, 0) is 44.0 Å². The van der Waals surface area contributed by atoms with Crippen LogP contribution >= 0.6 is 12.2 Å². The van der Waals surface area contributed by atoms with Gasteiger partial charge in [-0.3, -0.25) is 0 Å². The largest absolute Gasteiger partial charge is 0.496 e. The molecule has 1 fully saturated rings. The highest BCUT2D eigenvalue weighted by atomic mass is 32.1. The normalized spacial score (nSPS) is 21.6. The van der Waals surface area contributed by atoms with Crippen molar-refractivity contribution in [3.05, 3.63) is 29.3 Å². The molecule has 0 aromatic heterocycles. The number of aliphatic hydroxyl groups excluding tert-OH is 1. The number of aliphatic hydroxyl groups is 1. The van der Waals surface area contributed by atoms with Gasteiger partial charge in [-0.25, -0.2) is 0 Å². The number of benzene rings is 1. The second kappa shape index (κ2) is 6.52. The summed E-state index contributed by atoms with van der Waals surface area (Å²) in [6.45, 7) is 1.77. The van der Waals surface area contributed by atoms with Crippen LogP contribution in [0.3, 0.4) is 0 Å². The Morgan fingerprint density at radius 2 is 2.20 bits per heavy atom. The molecular formula is C15H22N2O2S. The average molecular weight is 294 g/mol. The standard InChI is InChI=1S/C15H22N2O2S/c1-17(8-10-5-13(18)6-10)9-12-7-11(15(16)20)3-4-14(12)19-2/h3-4,7,10,13,18H,5-6,8-9H2,1-2H3,(H2,16,20). The molecule has 1 aliphatic rings. The van der Waals surface area contributed by atoms with E-state index >= 15 is 0 Å². The van der Waals surface area contributed by atoms with E-state index in [1.54, 1.807) is 7.11 Å². The maximum Gasteiger partial charge on any atom is 0.123 e. The van der Waals surface area contributed by atoms with Crippen LogP contribution in [0.4, 0.5) is 0 Å². The molecular weight excluding hydrogens is 272 g/mol. The van der Waals surface area contributed by atoms with Crippen molar-refractivity contribution in [2.24, 2.45) is 11.7 Å². The molecule has 1 aliphatic carbocycles. The van der Waals surface area contributed by atoms with E-state index in [1.807, 2.05) is 18.2 Å². The van der Waals surface area contributed by atoms with Gasteiger partial charge in [0.2, 0.25) is 0 Å². The summed E-state index contributed by atoms with van der Waals surface area (Å²) in [6.07, 6.45) is 1.73. The van der Waals surface area contributed by atoms with Crippen molar-refractivity contribution < 1.29 is 9.84 Å². The van der Waals surface area contributed by atoms with Crippen molar-refractivity contribution >= 4 is 17.2 Å². The van der Waals surface area contributed by atoms with Crippen LogP contribution in [0.15, 0.2) is 18.2 Å². The van der Waals surface area contributed by atoms with E-state index in [0.29, 0.717) is 10.9 Å². The molecule has 0 heterocycles. The van der Waals surface area contributed by atoms with Crippen molar-refractivity contribution in [1.82, 2.24) is 4.90 Å². The first-order valence-electron chi connectivity index (χ1n) is 6.83. The third-order valence-electron chi connectivity index (χ3n) is 3.79. The summed E-state index contributed by atoms with van der Waals surface area (Å²) in [5.41, 5.74) is 7.63. The van der Waals surface area contributed by atoms with E-state index in [0.717, 1.165) is 42.8 Å². The van der Waals surface area contributed by atoms with Crippen LogP contribution in [0.1, 0.15) is 24.0 Å². The SMILES string of the molecule is COc1ccc(C(N)=S)cc1CN(C)CC1CC(O)C1. The number of hydrogen-bond donors (Lipinski definition) is 2. The Morgan fingerprint density at radius 3 is 2.75 bits per heavy atom. The van der Waals surface area contributed by atoms with Gasteiger partial charge in [0, 0.05) is 24.2 Å². The third-order valence-corrected chi connectivity index (χ3v) is 4.02. The zero-order valence-electron chi connectivity index (χ0n) is 12.0. The first kappa shape index (κ1) is 15.2. The summed E-state index contributed by atoms with van der Waals surface area (Å²) in [6, 6.07) is 5.78. The molecule has 20 heavy (non-hydrogen) atoms. The summed E-state index contributed by atoms with van der Waals surface area (Å²) in [5, 5.41) is 9.33. The predicted octanol–water partition coefficient (Wildman–Crippen LogP) is 1.53. The molecule has 0 saturated heterocycles. The first-order valence-corrected chi connectivity index (χ1v) is 7.23. The molecule has 3 N–H and O–H groups in total. The maximum absolute atomic E-state index is 9.33. The predicted molar refractivity (Wildman–Crippen MR) is 83.9 cm³/mol. The van der Waals surface area contributed by atoms with Crippen molar-refractivity contribution in [3.63, 3.8) is 0 Å². The van der Waals surface area contributed by atoms with Gasteiger partial charge >= 0.3 is 0 Å². The zero-order valence-corrected chi connectivity index (χ0v) is 12.8.